The third kappa shape index (κ3) is 5.20. The molecule has 5 aliphatic rings. The van der Waals surface area contributed by atoms with Crippen LogP contribution in [0.5, 0.6) is 0 Å². The number of fused-ring (bicyclic) bond motifs is 8. The quantitative estimate of drug-likeness (QED) is 0.193. The van der Waals surface area contributed by atoms with E-state index in [0.29, 0.717) is 0 Å². The van der Waals surface area contributed by atoms with Gasteiger partial charge in [0, 0.05) is 24.0 Å². The molecule has 11 rings (SSSR count). The second-order valence-corrected chi connectivity index (χ2v) is 15.1. The Labute approximate surface area is 327 Å². The molecule has 0 saturated carbocycles. The molecule has 0 aromatic heterocycles. The average Bonchev–Trinajstić information content (AvgIpc) is 3.57. The minimum Gasteiger partial charge on any atom is -0.490 e. The molecule has 6 aromatic rings. The van der Waals surface area contributed by atoms with Gasteiger partial charge in [-0.15, -0.1) is 0 Å². The molecular formula is C52H39N3O. The van der Waals surface area contributed by atoms with Crippen molar-refractivity contribution in [2.75, 3.05) is 0 Å². The van der Waals surface area contributed by atoms with Gasteiger partial charge in [-0.3, -0.25) is 0 Å². The van der Waals surface area contributed by atoms with Crippen molar-refractivity contribution < 1.29 is 4.74 Å². The Morgan fingerprint density at radius 2 is 1.18 bits per heavy atom. The molecule has 4 nitrogen and oxygen atoms in total. The molecule has 2 aliphatic heterocycles. The molecule has 2 heterocycles. The van der Waals surface area contributed by atoms with Gasteiger partial charge in [0.2, 0.25) is 0 Å². The maximum absolute atomic E-state index is 6.97. The van der Waals surface area contributed by atoms with Gasteiger partial charge in [-0.05, 0) is 85.8 Å². The lowest BCUT2D eigenvalue weighted by Gasteiger charge is -2.47. The van der Waals surface area contributed by atoms with Crippen molar-refractivity contribution in [2.45, 2.75) is 36.9 Å². The number of amidine groups is 2. The summed E-state index contributed by atoms with van der Waals surface area (Å²) in [5.74, 6) is 2.76. The average molecular weight is 722 g/mol. The van der Waals surface area contributed by atoms with Crippen LogP contribution in [0.3, 0.4) is 0 Å². The van der Waals surface area contributed by atoms with Crippen LogP contribution in [0.4, 0.5) is 0 Å². The topological polar surface area (TPSA) is 46.0 Å². The third-order valence-electron chi connectivity index (χ3n) is 12.0. The molecule has 0 fully saturated rings. The highest BCUT2D eigenvalue weighted by atomic mass is 16.5. The lowest BCUT2D eigenvalue weighted by Crippen LogP contribution is -2.43. The highest BCUT2D eigenvalue weighted by Gasteiger charge is 2.54. The van der Waals surface area contributed by atoms with Gasteiger partial charge < -0.3 is 10.1 Å². The zero-order chi connectivity index (χ0) is 37.1. The number of aliphatic imine (C=N–C) groups is 2. The number of nitrogens with one attached hydrogen (secondary N) is 1. The second-order valence-electron chi connectivity index (χ2n) is 15.1. The SMILES string of the molecule is C1=CCC2OC3=C(C=C(C4=NC(c5cccc(-c6ccccc6)c5)N=C(c5cccc(-c6ccccc6)c5)N4)CC3)C3(C2=C1)c1ccccc1-c1ccccc13. The molecule has 268 valence electrons. The van der Waals surface area contributed by atoms with Crippen molar-refractivity contribution in [2.24, 2.45) is 9.98 Å². The van der Waals surface area contributed by atoms with Crippen molar-refractivity contribution in [3.63, 3.8) is 0 Å². The number of benzene rings is 6. The summed E-state index contributed by atoms with van der Waals surface area (Å²) in [6.07, 6.45) is 11.2. The van der Waals surface area contributed by atoms with E-state index in [-0.39, 0.29) is 6.10 Å². The van der Waals surface area contributed by atoms with Crippen molar-refractivity contribution in [1.29, 1.82) is 0 Å². The Morgan fingerprint density at radius 3 is 1.91 bits per heavy atom. The molecule has 3 aliphatic carbocycles. The first-order valence-electron chi connectivity index (χ1n) is 19.7. The summed E-state index contributed by atoms with van der Waals surface area (Å²) in [5.41, 5.74) is 15.2. The molecule has 1 N–H and O–H groups in total. The van der Waals surface area contributed by atoms with Crippen LogP contribution in [0.2, 0.25) is 0 Å². The van der Waals surface area contributed by atoms with Crippen molar-refractivity contribution in [3.05, 3.63) is 227 Å². The van der Waals surface area contributed by atoms with Crippen LogP contribution in [0.25, 0.3) is 33.4 Å². The van der Waals surface area contributed by atoms with Crippen LogP contribution in [0, 0.1) is 0 Å². The molecule has 2 unspecified atom stereocenters. The van der Waals surface area contributed by atoms with Gasteiger partial charge in [-0.25, -0.2) is 9.98 Å². The maximum atomic E-state index is 6.97. The van der Waals surface area contributed by atoms with E-state index in [4.69, 9.17) is 14.7 Å². The lowest BCUT2D eigenvalue weighted by atomic mass is 9.61. The molecule has 0 amide bonds. The molecule has 1 spiro atoms. The maximum Gasteiger partial charge on any atom is 0.169 e. The van der Waals surface area contributed by atoms with Gasteiger partial charge in [0.05, 0.1) is 5.41 Å². The highest BCUT2D eigenvalue weighted by molar-refractivity contribution is 6.16. The monoisotopic (exact) mass is 721 g/mol. The molecule has 6 aromatic carbocycles. The molecule has 56 heavy (non-hydrogen) atoms. The Morgan fingerprint density at radius 1 is 0.571 bits per heavy atom. The first kappa shape index (κ1) is 32.6. The van der Waals surface area contributed by atoms with Crippen molar-refractivity contribution in [3.8, 4) is 33.4 Å². The first-order chi connectivity index (χ1) is 27.7. The Balaban J connectivity index is 1.07. The van der Waals surface area contributed by atoms with Crippen LogP contribution >= 0.6 is 0 Å². The molecule has 0 bridgehead atoms. The summed E-state index contributed by atoms with van der Waals surface area (Å²) in [4.78, 5) is 10.8. The van der Waals surface area contributed by atoms with Gasteiger partial charge in [-0.1, -0.05) is 164 Å². The van der Waals surface area contributed by atoms with Gasteiger partial charge >= 0.3 is 0 Å². The van der Waals surface area contributed by atoms with Gasteiger partial charge in [0.15, 0.2) is 6.17 Å². The number of hydrogen-bond donors (Lipinski definition) is 1. The number of rotatable bonds is 5. The molecule has 0 radical (unpaired) electrons. The van der Waals surface area contributed by atoms with E-state index in [1.165, 1.54) is 44.5 Å². The summed E-state index contributed by atoms with van der Waals surface area (Å²) in [6, 6.07) is 56.4. The van der Waals surface area contributed by atoms with Crippen LogP contribution in [0.1, 0.15) is 47.7 Å². The summed E-state index contributed by atoms with van der Waals surface area (Å²) in [6.45, 7) is 0. The van der Waals surface area contributed by atoms with E-state index in [9.17, 15) is 0 Å². The van der Waals surface area contributed by atoms with Crippen molar-refractivity contribution >= 4 is 11.7 Å². The molecular weight excluding hydrogens is 683 g/mol. The summed E-state index contributed by atoms with van der Waals surface area (Å²) in [5, 5.41) is 3.78. The fourth-order valence-electron chi connectivity index (χ4n) is 9.48. The number of nitrogens with zero attached hydrogens (tertiary/aromatic N) is 2. The minimum absolute atomic E-state index is 0.00467. The van der Waals surface area contributed by atoms with Crippen LogP contribution in [-0.2, 0) is 10.2 Å². The summed E-state index contributed by atoms with van der Waals surface area (Å²) < 4.78 is 6.97. The summed E-state index contributed by atoms with van der Waals surface area (Å²) >= 11 is 0. The molecule has 0 saturated heterocycles. The Hall–Kier alpha value is -6.78. The zero-order valence-corrected chi connectivity index (χ0v) is 30.9. The molecule has 4 heteroatoms. The Kier molecular flexibility index (Phi) is 7.70. The van der Waals surface area contributed by atoms with E-state index in [0.717, 1.165) is 64.5 Å². The zero-order valence-electron chi connectivity index (χ0n) is 30.9. The number of allylic oxidation sites excluding steroid dienone is 5. The third-order valence-corrected chi connectivity index (χ3v) is 12.0. The second kappa shape index (κ2) is 13.2. The van der Waals surface area contributed by atoms with Gasteiger partial charge in [0.1, 0.15) is 23.5 Å². The highest BCUT2D eigenvalue weighted by Crippen LogP contribution is 2.62. The fourth-order valence-corrected chi connectivity index (χ4v) is 9.48. The number of hydrogen-bond acceptors (Lipinski definition) is 4. The smallest absolute Gasteiger partial charge is 0.169 e. The predicted octanol–water partition coefficient (Wildman–Crippen LogP) is 11.7. The van der Waals surface area contributed by atoms with Gasteiger partial charge in [0.25, 0.3) is 0 Å². The fraction of sp³-hybridized carbons (Fsp3) is 0.115. The van der Waals surface area contributed by atoms with E-state index in [1.54, 1.807) is 0 Å². The standard InChI is InChI=1S/C52H39N3O/c1-3-15-34(16-4-1)36-19-13-21-38(31-36)49-53-50(39-22-14-20-37(32-39)35-17-5-2-6-18-35)55-51(54-49)40-29-30-48-46(33-40)52(45-27-11-12-28-47(45)56-48)43-25-9-7-23-41(43)42-24-8-10-26-44(42)52/h1-27,31-33,47,49H,28-30H2,(H,53,54,55). The predicted molar refractivity (Wildman–Crippen MR) is 227 cm³/mol. The van der Waals surface area contributed by atoms with Gasteiger partial charge in [-0.2, -0.15) is 0 Å². The molecule has 2 atom stereocenters. The largest absolute Gasteiger partial charge is 0.490 e. The van der Waals surface area contributed by atoms with E-state index >= 15 is 0 Å². The first-order valence-corrected chi connectivity index (χ1v) is 19.7. The van der Waals surface area contributed by atoms with Crippen LogP contribution < -0.4 is 5.32 Å². The summed E-state index contributed by atoms with van der Waals surface area (Å²) in [7, 11) is 0. The lowest BCUT2D eigenvalue weighted by molar-refractivity contribution is 0.111. The van der Waals surface area contributed by atoms with E-state index in [1.807, 2.05) is 0 Å². The van der Waals surface area contributed by atoms with E-state index < -0.39 is 11.6 Å². The van der Waals surface area contributed by atoms with Crippen LogP contribution in [0.15, 0.2) is 214 Å². The van der Waals surface area contributed by atoms with Crippen molar-refractivity contribution in [1.82, 2.24) is 5.32 Å². The number of ether oxygens (including phenoxy) is 1. The minimum atomic E-state index is -0.457. The Bertz CT molecular complexity index is 2690. The van der Waals surface area contributed by atoms with Crippen LogP contribution in [-0.4, -0.2) is 17.8 Å². The normalized spacial score (nSPS) is 19.9. The van der Waals surface area contributed by atoms with E-state index in [2.05, 4.69) is 187 Å².